The van der Waals surface area contributed by atoms with Crippen LogP contribution in [0.25, 0.3) is 0 Å². The van der Waals surface area contributed by atoms with Crippen molar-refractivity contribution in [3.63, 3.8) is 0 Å². The van der Waals surface area contributed by atoms with Crippen LogP contribution in [-0.4, -0.2) is 80.3 Å². The number of nitrogens with two attached hydrogens (primary N) is 1. The summed E-state index contributed by atoms with van der Waals surface area (Å²) in [4.78, 5) is 0. The quantitative estimate of drug-likeness (QED) is 0.247. The van der Waals surface area contributed by atoms with Crippen LogP contribution in [0.1, 0.15) is 110 Å². The molecule has 0 saturated heterocycles. The third-order valence-electron chi connectivity index (χ3n) is 4.06. The maximum absolute atomic E-state index is 7.17. The van der Waals surface area contributed by atoms with Gasteiger partial charge in [-0.1, -0.05) is 103 Å². The normalized spacial score (nSPS) is 9.88. The van der Waals surface area contributed by atoms with E-state index in [1.54, 1.807) is 0 Å². The molecule has 0 aliphatic heterocycles. The summed E-state index contributed by atoms with van der Waals surface area (Å²) in [5.41, 5.74) is 5.48. The van der Waals surface area contributed by atoms with E-state index in [0.29, 0.717) is 0 Å². The van der Waals surface area contributed by atoms with Crippen molar-refractivity contribution < 1.29 is 15.1 Å². The van der Waals surface area contributed by atoms with Gasteiger partial charge in [0.25, 0.3) is 0 Å². The monoisotopic (exact) mass is 371 g/mol. The fourth-order valence-electron chi connectivity index (χ4n) is 2.69. The zero-order valence-corrected chi connectivity index (χ0v) is 15.5. The Hall–Kier alpha value is 1.54. The van der Waals surface area contributed by atoms with Gasteiger partial charge in [-0.2, -0.15) is 0 Å². The Bertz CT molecular complexity index is 182. The molecule has 0 aliphatic carbocycles. The second-order valence-corrected chi connectivity index (χ2v) is 6.44. The molecule has 0 aromatic carbocycles. The Morgan fingerprint density at radius 1 is 0.542 bits per heavy atom. The van der Waals surface area contributed by atoms with E-state index in [9.17, 15) is 0 Å². The van der Waals surface area contributed by atoms with Crippen LogP contribution in [0.2, 0.25) is 0 Å². The minimum absolute atomic E-state index is 0. The zero-order valence-electron chi connectivity index (χ0n) is 15.5. The molecule has 0 bridgehead atoms. The van der Waals surface area contributed by atoms with Gasteiger partial charge in [-0.3, -0.25) is 0 Å². The molecule has 0 aliphatic rings. The summed E-state index contributed by atoms with van der Waals surface area (Å²) >= 11 is 0. The van der Waals surface area contributed by atoms with Crippen molar-refractivity contribution in [2.24, 2.45) is 5.73 Å². The molecule has 4 nitrogen and oxygen atoms in total. The van der Waals surface area contributed by atoms with Crippen molar-refractivity contribution in [3.05, 3.63) is 0 Å². The first-order chi connectivity index (χ1) is 11.1. The molecule has 0 spiro atoms. The van der Waals surface area contributed by atoms with Crippen LogP contribution < -0.4 is 5.73 Å². The molecule has 0 aromatic rings. The molecular formula is C18H43BKNO3. The molecule has 0 fully saturated rings. The molecule has 0 saturated carbocycles. The number of rotatable bonds is 16. The van der Waals surface area contributed by atoms with E-state index < -0.39 is 7.32 Å². The molecule has 0 radical (unpaired) electrons. The fraction of sp³-hybridized carbons (Fsp3) is 1.00. The standard InChI is InChI=1S/C18H39N.BH3O3.K.H/c1-2-3-4-5-6-7-8-9-10-11-12-13-14-15-16-17-18-19;2-1(3)4;;/h2-19H2,1H3;2-4H;;. The minimum atomic E-state index is -2.17. The van der Waals surface area contributed by atoms with Crippen LogP contribution in [-0.2, 0) is 0 Å². The van der Waals surface area contributed by atoms with Gasteiger partial charge in [0.15, 0.2) is 0 Å². The van der Waals surface area contributed by atoms with Gasteiger partial charge in [0, 0.05) is 0 Å². The second kappa shape index (κ2) is 29.3. The molecule has 0 unspecified atom stereocenters. The molecule has 0 aromatic heterocycles. The summed E-state index contributed by atoms with van der Waals surface area (Å²) in [5, 5.41) is 21.5. The molecule has 5 N–H and O–H groups in total. The molecule has 0 amide bonds. The molecular weight excluding hydrogens is 328 g/mol. The van der Waals surface area contributed by atoms with Crippen LogP contribution in [0, 0.1) is 0 Å². The average Bonchev–Trinajstić information content (AvgIpc) is 2.50. The second-order valence-electron chi connectivity index (χ2n) is 6.44. The van der Waals surface area contributed by atoms with Crippen LogP contribution in [0.3, 0.4) is 0 Å². The van der Waals surface area contributed by atoms with Crippen LogP contribution in [0.15, 0.2) is 0 Å². The fourth-order valence-corrected chi connectivity index (χ4v) is 2.69. The van der Waals surface area contributed by atoms with Gasteiger partial charge in [0.05, 0.1) is 0 Å². The van der Waals surface area contributed by atoms with E-state index >= 15 is 0 Å². The van der Waals surface area contributed by atoms with Crippen molar-refractivity contribution >= 4 is 58.7 Å². The summed E-state index contributed by atoms with van der Waals surface area (Å²) in [6.07, 6.45) is 22.9. The molecule has 0 atom stereocenters. The summed E-state index contributed by atoms with van der Waals surface area (Å²) in [5.74, 6) is 0. The van der Waals surface area contributed by atoms with E-state index in [4.69, 9.17) is 20.8 Å². The summed E-state index contributed by atoms with van der Waals surface area (Å²) in [6, 6.07) is 0. The third kappa shape index (κ3) is 38.9. The topological polar surface area (TPSA) is 86.7 Å². The summed E-state index contributed by atoms with van der Waals surface area (Å²) in [7, 11) is -2.17. The Balaban J connectivity index is -0.000000787. The maximum atomic E-state index is 7.17. The number of hydrogen-bond donors (Lipinski definition) is 4. The van der Waals surface area contributed by atoms with Gasteiger partial charge in [-0.25, -0.2) is 0 Å². The number of unbranched alkanes of at least 4 members (excludes halogenated alkanes) is 15. The van der Waals surface area contributed by atoms with Crippen molar-refractivity contribution in [1.29, 1.82) is 0 Å². The SMILES string of the molecule is CCCCCCCCCCCCCCCCCCN.OB(O)O.[KH]. The van der Waals surface area contributed by atoms with E-state index in [1.165, 1.54) is 103 Å². The predicted octanol–water partition coefficient (Wildman–Crippen LogP) is 3.51. The first kappa shape index (κ1) is 30.3. The third-order valence-corrected chi connectivity index (χ3v) is 4.06. The number of hydrogen-bond acceptors (Lipinski definition) is 4. The predicted molar refractivity (Wildman–Crippen MR) is 108 cm³/mol. The first-order valence-corrected chi connectivity index (χ1v) is 9.89. The van der Waals surface area contributed by atoms with Gasteiger partial charge < -0.3 is 20.8 Å². The summed E-state index contributed by atoms with van der Waals surface area (Å²) < 4.78 is 0. The van der Waals surface area contributed by atoms with E-state index in [2.05, 4.69) is 6.92 Å². The van der Waals surface area contributed by atoms with Crippen molar-refractivity contribution in [2.45, 2.75) is 110 Å². The Labute approximate surface area is 194 Å². The van der Waals surface area contributed by atoms with Crippen LogP contribution >= 0.6 is 0 Å². The van der Waals surface area contributed by atoms with Gasteiger partial charge in [0.2, 0.25) is 0 Å². The van der Waals surface area contributed by atoms with Crippen LogP contribution in [0.5, 0.6) is 0 Å². The average molecular weight is 371 g/mol. The Morgan fingerprint density at radius 3 is 0.958 bits per heavy atom. The van der Waals surface area contributed by atoms with Crippen molar-refractivity contribution in [1.82, 2.24) is 0 Å². The van der Waals surface area contributed by atoms with Crippen molar-refractivity contribution in [3.8, 4) is 0 Å². The zero-order chi connectivity index (χ0) is 17.6. The molecule has 0 rings (SSSR count). The van der Waals surface area contributed by atoms with E-state index in [-0.39, 0.29) is 51.4 Å². The first-order valence-electron chi connectivity index (χ1n) is 9.89. The molecule has 6 heteroatoms. The molecule has 142 valence electrons. The van der Waals surface area contributed by atoms with Gasteiger partial charge >= 0.3 is 58.7 Å². The van der Waals surface area contributed by atoms with Gasteiger partial charge in [-0.05, 0) is 13.0 Å². The van der Waals surface area contributed by atoms with Crippen LogP contribution in [0.4, 0.5) is 0 Å². The van der Waals surface area contributed by atoms with E-state index in [0.717, 1.165) is 6.54 Å². The van der Waals surface area contributed by atoms with E-state index in [1.807, 2.05) is 0 Å². The molecule has 24 heavy (non-hydrogen) atoms. The summed E-state index contributed by atoms with van der Waals surface area (Å²) in [6.45, 7) is 3.16. The van der Waals surface area contributed by atoms with Crippen molar-refractivity contribution in [2.75, 3.05) is 6.54 Å². The van der Waals surface area contributed by atoms with Gasteiger partial charge in [-0.15, -0.1) is 0 Å². The Kier molecular flexibility index (Phi) is 37.0. The van der Waals surface area contributed by atoms with Gasteiger partial charge in [0.1, 0.15) is 0 Å². The molecule has 0 heterocycles. The Morgan fingerprint density at radius 2 is 0.750 bits per heavy atom.